The number of ether oxygens (including phenoxy) is 2. The molecule has 0 saturated heterocycles. The van der Waals surface area contributed by atoms with Crippen LogP contribution < -0.4 is 20.3 Å². The van der Waals surface area contributed by atoms with Crippen LogP contribution in [0.4, 0.5) is 0 Å². The summed E-state index contributed by atoms with van der Waals surface area (Å²) in [5.41, 5.74) is 1.08. The third-order valence-corrected chi connectivity index (χ3v) is 4.25. The van der Waals surface area contributed by atoms with E-state index in [-0.39, 0.29) is 23.4 Å². The fraction of sp³-hybridized carbons (Fsp3) is 0.368. The minimum absolute atomic E-state index is 0.165. The molecule has 0 saturated carbocycles. The lowest BCUT2D eigenvalue weighted by Crippen LogP contribution is -2.33. The minimum atomic E-state index is -0.272. The first kappa shape index (κ1) is 17.1. The van der Waals surface area contributed by atoms with Crippen molar-refractivity contribution >= 4 is 5.91 Å². The maximum Gasteiger partial charge on any atom is 0.252 e. The largest absolute Gasteiger partial charge is 0.486 e. The highest BCUT2D eigenvalue weighted by atomic mass is 16.6. The molecule has 1 aromatic carbocycles. The van der Waals surface area contributed by atoms with E-state index in [1.54, 1.807) is 19.3 Å². The number of carbonyl (C=O) groups is 1. The normalized spacial score (nSPS) is 14.2. The highest BCUT2D eigenvalue weighted by Crippen LogP contribution is 2.34. The third-order valence-electron chi connectivity index (χ3n) is 4.25. The number of nitrogens with one attached hydrogen (secondary N) is 1. The molecule has 1 amide bonds. The van der Waals surface area contributed by atoms with Crippen LogP contribution in [-0.2, 0) is 7.05 Å². The molecule has 25 heavy (non-hydrogen) atoms. The summed E-state index contributed by atoms with van der Waals surface area (Å²) in [6, 6.07) is 8.48. The fourth-order valence-electron chi connectivity index (χ4n) is 2.80. The third kappa shape index (κ3) is 3.68. The Balaban J connectivity index is 1.85. The van der Waals surface area contributed by atoms with Gasteiger partial charge in [-0.1, -0.05) is 19.9 Å². The molecule has 1 aromatic heterocycles. The second kappa shape index (κ2) is 7.01. The van der Waals surface area contributed by atoms with Crippen LogP contribution in [0.5, 0.6) is 11.5 Å². The number of fused-ring (bicyclic) bond motifs is 1. The molecule has 132 valence electrons. The monoisotopic (exact) mass is 342 g/mol. The summed E-state index contributed by atoms with van der Waals surface area (Å²) >= 11 is 0. The van der Waals surface area contributed by atoms with E-state index in [1.165, 1.54) is 10.6 Å². The van der Waals surface area contributed by atoms with Crippen molar-refractivity contribution in [2.24, 2.45) is 13.0 Å². The molecular formula is C19H22N2O4. The standard InChI is InChI=1S/C19H22N2O4/c1-12(2)18(13-4-5-15-16(10-13)25-9-8-24-15)20-19(23)14-6-7-21(3)17(22)11-14/h4-7,10-12,18H,8-9H2,1-3H3,(H,20,23)/t18-/m0/s1. The van der Waals surface area contributed by atoms with Gasteiger partial charge in [0.25, 0.3) is 11.5 Å². The lowest BCUT2D eigenvalue weighted by molar-refractivity contribution is 0.0925. The van der Waals surface area contributed by atoms with Crippen LogP contribution in [-0.4, -0.2) is 23.7 Å². The maximum atomic E-state index is 12.6. The molecule has 2 aromatic rings. The Kier molecular flexibility index (Phi) is 4.79. The van der Waals surface area contributed by atoms with Crippen molar-refractivity contribution in [3.8, 4) is 11.5 Å². The van der Waals surface area contributed by atoms with Gasteiger partial charge in [0, 0.05) is 24.9 Å². The number of pyridine rings is 1. The van der Waals surface area contributed by atoms with Gasteiger partial charge < -0.3 is 19.4 Å². The lowest BCUT2D eigenvalue weighted by atomic mass is 9.95. The summed E-state index contributed by atoms with van der Waals surface area (Å²) in [6.45, 7) is 5.12. The molecule has 0 bridgehead atoms. The van der Waals surface area contributed by atoms with Crippen LogP contribution in [0.15, 0.2) is 41.3 Å². The zero-order chi connectivity index (χ0) is 18.0. The highest BCUT2D eigenvalue weighted by Gasteiger charge is 2.22. The molecule has 2 heterocycles. The molecule has 0 fully saturated rings. The lowest BCUT2D eigenvalue weighted by Gasteiger charge is -2.25. The van der Waals surface area contributed by atoms with Crippen LogP contribution in [0.2, 0.25) is 0 Å². The van der Waals surface area contributed by atoms with Gasteiger partial charge in [-0.2, -0.15) is 0 Å². The van der Waals surface area contributed by atoms with Crippen molar-refractivity contribution in [3.63, 3.8) is 0 Å². The summed E-state index contributed by atoms with van der Waals surface area (Å²) in [4.78, 5) is 24.3. The number of benzene rings is 1. The Morgan fingerprint density at radius 3 is 2.52 bits per heavy atom. The summed E-state index contributed by atoms with van der Waals surface area (Å²) in [5, 5.41) is 3.02. The molecule has 1 aliphatic rings. The number of aromatic nitrogens is 1. The van der Waals surface area contributed by atoms with Crippen molar-refractivity contribution in [2.45, 2.75) is 19.9 Å². The summed E-state index contributed by atoms with van der Waals surface area (Å²) in [7, 11) is 1.65. The van der Waals surface area contributed by atoms with Gasteiger partial charge in [0.05, 0.1) is 6.04 Å². The van der Waals surface area contributed by atoms with Crippen molar-refractivity contribution < 1.29 is 14.3 Å². The van der Waals surface area contributed by atoms with Crippen molar-refractivity contribution in [3.05, 3.63) is 58.0 Å². The molecule has 0 radical (unpaired) electrons. The number of amides is 1. The molecule has 6 nitrogen and oxygen atoms in total. The number of carbonyl (C=O) groups excluding carboxylic acids is 1. The number of hydrogen-bond acceptors (Lipinski definition) is 4. The van der Waals surface area contributed by atoms with Crippen molar-refractivity contribution in [1.29, 1.82) is 0 Å². The predicted octanol–water partition coefficient (Wildman–Crippen LogP) is 2.28. The molecule has 6 heteroatoms. The Bertz CT molecular complexity index is 842. The van der Waals surface area contributed by atoms with E-state index < -0.39 is 0 Å². The van der Waals surface area contributed by atoms with Crippen LogP contribution >= 0.6 is 0 Å². The smallest absolute Gasteiger partial charge is 0.252 e. The molecule has 0 unspecified atom stereocenters. The fourth-order valence-corrected chi connectivity index (χ4v) is 2.80. The quantitative estimate of drug-likeness (QED) is 0.925. The molecule has 1 atom stereocenters. The van der Waals surface area contributed by atoms with E-state index >= 15 is 0 Å². The number of rotatable bonds is 4. The van der Waals surface area contributed by atoms with Crippen molar-refractivity contribution in [2.75, 3.05) is 13.2 Å². The first-order valence-corrected chi connectivity index (χ1v) is 8.33. The van der Waals surface area contributed by atoms with E-state index in [1.807, 2.05) is 32.0 Å². The Hall–Kier alpha value is -2.76. The Morgan fingerprint density at radius 2 is 1.84 bits per heavy atom. The number of aryl methyl sites for hydroxylation is 1. The Labute approximate surface area is 146 Å². The van der Waals surface area contributed by atoms with E-state index in [4.69, 9.17) is 9.47 Å². The number of hydrogen-bond donors (Lipinski definition) is 1. The first-order valence-electron chi connectivity index (χ1n) is 8.33. The van der Waals surface area contributed by atoms with Gasteiger partial charge >= 0.3 is 0 Å². The zero-order valence-electron chi connectivity index (χ0n) is 14.6. The molecule has 1 N–H and O–H groups in total. The van der Waals surface area contributed by atoms with Gasteiger partial charge in [0.2, 0.25) is 0 Å². The molecule has 0 aliphatic carbocycles. The summed E-state index contributed by atoms with van der Waals surface area (Å²) in [6.07, 6.45) is 1.59. The summed E-state index contributed by atoms with van der Waals surface area (Å²) in [5.74, 6) is 1.30. The van der Waals surface area contributed by atoms with Gasteiger partial charge in [-0.3, -0.25) is 9.59 Å². The molecule has 3 rings (SSSR count). The molecule has 0 spiro atoms. The maximum absolute atomic E-state index is 12.6. The zero-order valence-corrected chi connectivity index (χ0v) is 14.6. The topological polar surface area (TPSA) is 69.6 Å². The van der Waals surface area contributed by atoms with Gasteiger partial charge in [-0.15, -0.1) is 0 Å². The van der Waals surface area contributed by atoms with Crippen LogP contribution in [0.25, 0.3) is 0 Å². The minimum Gasteiger partial charge on any atom is -0.486 e. The highest BCUT2D eigenvalue weighted by molar-refractivity contribution is 5.94. The van der Waals surface area contributed by atoms with Crippen LogP contribution in [0, 0.1) is 5.92 Å². The number of nitrogens with zero attached hydrogens (tertiary/aromatic N) is 1. The van der Waals surface area contributed by atoms with Crippen LogP contribution in [0.1, 0.15) is 35.8 Å². The SMILES string of the molecule is CC(C)[C@H](NC(=O)c1ccn(C)c(=O)c1)c1ccc2c(c1)OCCO2. The average Bonchev–Trinajstić information content (AvgIpc) is 2.61. The van der Waals surface area contributed by atoms with E-state index in [0.29, 0.717) is 24.5 Å². The van der Waals surface area contributed by atoms with Gasteiger partial charge in [-0.25, -0.2) is 0 Å². The second-order valence-corrected chi connectivity index (χ2v) is 6.46. The Morgan fingerprint density at radius 1 is 1.12 bits per heavy atom. The molecule has 1 aliphatic heterocycles. The van der Waals surface area contributed by atoms with E-state index in [9.17, 15) is 9.59 Å². The van der Waals surface area contributed by atoms with Gasteiger partial charge in [-0.05, 0) is 29.7 Å². The predicted molar refractivity (Wildman–Crippen MR) is 94.2 cm³/mol. The van der Waals surface area contributed by atoms with E-state index in [2.05, 4.69) is 5.32 Å². The van der Waals surface area contributed by atoms with Crippen LogP contribution in [0.3, 0.4) is 0 Å². The molecular weight excluding hydrogens is 320 g/mol. The van der Waals surface area contributed by atoms with Crippen molar-refractivity contribution in [1.82, 2.24) is 9.88 Å². The van der Waals surface area contributed by atoms with Gasteiger partial charge in [0.1, 0.15) is 13.2 Å². The average molecular weight is 342 g/mol. The van der Waals surface area contributed by atoms with E-state index in [0.717, 1.165) is 11.3 Å². The van der Waals surface area contributed by atoms with Gasteiger partial charge in [0.15, 0.2) is 11.5 Å². The second-order valence-electron chi connectivity index (χ2n) is 6.46. The first-order chi connectivity index (χ1) is 12.0. The summed E-state index contributed by atoms with van der Waals surface area (Å²) < 4.78 is 12.6.